The lowest BCUT2D eigenvalue weighted by atomic mass is 10.1. The molecule has 0 aromatic heterocycles. The first-order chi connectivity index (χ1) is 18.8. The van der Waals surface area contributed by atoms with Crippen molar-refractivity contribution in [1.82, 2.24) is 4.90 Å². The number of unbranched alkanes of at least 4 members (excludes halogenated alkanes) is 10. The summed E-state index contributed by atoms with van der Waals surface area (Å²) in [6.07, 6.45) is 17.4. The highest BCUT2D eigenvalue weighted by atomic mass is 16.6. The second-order valence-electron chi connectivity index (χ2n) is 9.37. The summed E-state index contributed by atoms with van der Waals surface area (Å²) in [6.45, 7) is 8.80. The van der Waals surface area contributed by atoms with E-state index in [2.05, 4.69) is 6.92 Å². The molecule has 1 heterocycles. The van der Waals surface area contributed by atoms with Gasteiger partial charge in [-0.2, -0.15) is 0 Å². The molecule has 0 atom stereocenters. The van der Waals surface area contributed by atoms with Crippen LogP contribution in [0.2, 0.25) is 0 Å². The number of ether oxygens (including phenoxy) is 6. The van der Waals surface area contributed by atoms with E-state index in [1.54, 1.807) is 0 Å². The van der Waals surface area contributed by atoms with Crippen LogP contribution in [-0.2, 0) is 38.0 Å². The van der Waals surface area contributed by atoms with Crippen LogP contribution >= 0.6 is 0 Å². The lowest BCUT2D eigenvalue weighted by Crippen LogP contribution is -2.33. The van der Waals surface area contributed by atoms with Crippen molar-refractivity contribution in [3.8, 4) is 0 Å². The van der Waals surface area contributed by atoms with Gasteiger partial charge in [-0.15, -0.1) is 0 Å². The Morgan fingerprint density at radius 2 is 0.763 bits per heavy atom. The van der Waals surface area contributed by atoms with E-state index in [1.807, 2.05) is 0 Å². The normalized spacial score (nSPS) is 13.3. The number of amides is 2. The van der Waals surface area contributed by atoms with E-state index < -0.39 is 0 Å². The monoisotopic (exact) mass is 543 g/mol. The Morgan fingerprint density at radius 3 is 1.16 bits per heavy atom. The highest BCUT2D eigenvalue weighted by molar-refractivity contribution is 6.12. The fraction of sp³-hybridized carbons (Fsp3) is 0.862. The van der Waals surface area contributed by atoms with Crippen molar-refractivity contribution in [3.05, 3.63) is 12.2 Å². The smallest absolute Gasteiger partial charge is 0.253 e. The molecule has 0 radical (unpaired) electrons. The minimum Gasteiger partial charge on any atom is -0.379 e. The van der Waals surface area contributed by atoms with Gasteiger partial charge in [-0.1, -0.05) is 71.1 Å². The molecular formula is C29H53NO8. The molecule has 0 aromatic rings. The van der Waals surface area contributed by atoms with Crippen LogP contribution in [-0.4, -0.2) is 103 Å². The van der Waals surface area contributed by atoms with Gasteiger partial charge >= 0.3 is 0 Å². The van der Waals surface area contributed by atoms with Gasteiger partial charge in [0.2, 0.25) is 0 Å². The predicted molar refractivity (Wildman–Crippen MR) is 147 cm³/mol. The summed E-state index contributed by atoms with van der Waals surface area (Å²) in [5.74, 6) is -0.586. The average Bonchev–Trinajstić information content (AvgIpc) is 3.24. The number of carbonyl (C=O) groups is 2. The van der Waals surface area contributed by atoms with Crippen LogP contribution in [0, 0.1) is 0 Å². The highest BCUT2D eigenvalue weighted by Crippen LogP contribution is 2.11. The van der Waals surface area contributed by atoms with E-state index in [0.29, 0.717) is 72.7 Å². The summed E-state index contributed by atoms with van der Waals surface area (Å²) in [5, 5.41) is 0. The Hall–Kier alpha value is -1.36. The second kappa shape index (κ2) is 27.2. The van der Waals surface area contributed by atoms with Crippen LogP contribution in [0.1, 0.15) is 77.6 Å². The molecule has 0 fully saturated rings. The van der Waals surface area contributed by atoms with Gasteiger partial charge < -0.3 is 28.4 Å². The first kappa shape index (κ1) is 34.7. The molecule has 2 amide bonds. The summed E-state index contributed by atoms with van der Waals surface area (Å²) < 4.78 is 32.9. The molecule has 0 saturated heterocycles. The number of carbonyl (C=O) groups excluding carboxylic acids is 2. The van der Waals surface area contributed by atoms with Crippen LogP contribution < -0.4 is 0 Å². The summed E-state index contributed by atoms with van der Waals surface area (Å²) in [6, 6.07) is 0. The predicted octanol–water partition coefficient (Wildman–Crippen LogP) is 4.32. The highest BCUT2D eigenvalue weighted by Gasteiger charge is 2.22. The third-order valence-electron chi connectivity index (χ3n) is 6.11. The van der Waals surface area contributed by atoms with Crippen molar-refractivity contribution in [3.63, 3.8) is 0 Å². The molecule has 0 bridgehead atoms. The zero-order chi connectivity index (χ0) is 27.4. The topological polar surface area (TPSA) is 92.8 Å². The largest absolute Gasteiger partial charge is 0.379 e. The first-order valence-corrected chi connectivity index (χ1v) is 14.8. The zero-order valence-electron chi connectivity index (χ0n) is 23.8. The Morgan fingerprint density at radius 1 is 0.447 bits per heavy atom. The molecule has 0 aliphatic carbocycles. The molecule has 0 aromatic carbocycles. The average molecular weight is 544 g/mol. The van der Waals surface area contributed by atoms with Crippen LogP contribution in [0.25, 0.3) is 0 Å². The van der Waals surface area contributed by atoms with E-state index in [1.165, 1.54) is 76.4 Å². The van der Waals surface area contributed by atoms with Gasteiger partial charge in [0, 0.05) is 18.8 Å². The van der Waals surface area contributed by atoms with Gasteiger partial charge in [-0.25, -0.2) is 0 Å². The quantitative estimate of drug-likeness (QED) is 0.0977. The van der Waals surface area contributed by atoms with Crippen molar-refractivity contribution in [2.45, 2.75) is 77.6 Å². The molecule has 0 N–H and O–H groups in total. The second-order valence-corrected chi connectivity index (χ2v) is 9.37. The Bertz CT molecular complexity index is 569. The molecule has 9 nitrogen and oxygen atoms in total. The maximum absolute atomic E-state index is 11.4. The SMILES string of the molecule is CCCCCCCCCCCCCOCCOCCOCCOCCOCCOCCN1C(=O)C=CC1=O. The maximum atomic E-state index is 11.4. The van der Waals surface area contributed by atoms with Gasteiger partial charge in [0.05, 0.1) is 79.2 Å². The van der Waals surface area contributed by atoms with Crippen LogP contribution in [0.15, 0.2) is 12.2 Å². The summed E-state index contributed by atoms with van der Waals surface area (Å²) in [4.78, 5) is 23.9. The van der Waals surface area contributed by atoms with E-state index in [0.717, 1.165) is 17.9 Å². The molecule has 1 rings (SSSR count). The molecule has 9 heteroatoms. The molecule has 38 heavy (non-hydrogen) atoms. The molecule has 0 unspecified atom stereocenters. The lowest BCUT2D eigenvalue weighted by molar-refractivity contribution is -0.137. The number of nitrogens with zero attached hydrogens (tertiary/aromatic N) is 1. The third-order valence-corrected chi connectivity index (χ3v) is 6.11. The number of hydrogen-bond acceptors (Lipinski definition) is 8. The molecular weight excluding hydrogens is 490 g/mol. The van der Waals surface area contributed by atoms with Crippen LogP contribution in [0.3, 0.4) is 0 Å². The zero-order valence-corrected chi connectivity index (χ0v) is 23.8. The molecule has 0 spiro atoms. The van der Waals surface area contributed by atoms with Gasteiger partial charge in [0.15, 0.2) is 0 Å². The van der Waals surface area contributed by atoms with Crippen molar-refractivity contribution < 1.29 is 38.0 Å². The fourth-order valence-electron chi connectivity index (χ4n) is 3.88. The lowest BCUT2D eigenvalue weighted by Gasteiger charge is -2.13. The standard InChI is InChI=1S/C29H53NO8/c1-2-3-4-5-6-7-8-9-10-11-12-16-33-18-20-35-22-24-37-26-27-38-25-23-36-21-19-34-17-15-30-28(31)13-14-29(30)32/h13-14H,2-12,15-27H2,1H3. The van der Waals surface area contributed by atoms with Gasteiger partial charge in [0.25, 0.3) is 11.8 Å². The minimum absolute atomic E-state index is 0.256. The molecule has 1 aliphatic rings. The molecule has 1 aliphatic heterocycles. The van der Waals surface area contributed by atoms with E-state index in [-0.39, 0.29) is 18.4 Å². The Balaban J connectivity index is 1.64. The number of rotatable bonds is 30. The summed E-state index contributed by atoms with van der Waals surface area (Å²) in [5.41, 5.74) is 0. The van der Waals surface area contributed by atoms with Crippen molar-refractivity contribution >= 4 is 11.8 Å². The summed E-state index contributed by atoms with van der Waals surface area (Å²) >= 11 is 0. The van der Waals surface area contributed by atoms with Gasteiger partial charge in [0.1, 0.15) is 0 Å². The van der Waals surface area contributed by atoms with Crippen molar-refractivity contribution in [2.24, 2.45) is 0 Å². The van der Waals surface area contributed by atoms with E-state index >= 15 is 0 Å². The number of imide groups is 1. The third kappa shape index (κ3) is 21.6. The minimum atomic E-state index is -0.293. The van der Waals surface area contributed by atoms with Gasteiger partial charge in [-0.3, -0.25) is 14.5 Å². The van der Waals surface area contributed by atoms with Crippen molar-refractivity contribution in [1.29, 1.82) is 0 Å². The molecule has 222 valence electrons. The fourth-order valence-corrected chi connectivity index (χ4v) is 3.88. The first-order valence-electron chi connectivity index (χ1n) is 14.8. The van der Waals surface area contributed by atoms with E-state index in [9.17, 15) is 9.59 Å². The van der Waals surface area contributed by atoms with Crippen molar-refractivity contribution in [2.75, 3.05) is 85.8 Å². The summed E-state index contributed by atoms with van der Waals surface area (Å²) in [7, 11) is 0. The van der Waals surface area contributed by atoms with E-state index in [4.69, 9.17) is 28.4 Å². The molecule has 0 saturated carbocycles. The Kier molecular flexibility index (Phi) is 24.8. The van der Waals surface area contributed by atoms with Crippen LogP contribution in [0.5, 0.6) is 0 Å². The van der Waals surface area contributed by atoms with Gasteiger partial charge in [-0.05, 0) is 6.42 Å². The Labute approximate surface area is 230 Å². The maximum Gasteiger partial charge on any atom is 0.253 e. The number of hydrogen-bond donors (Lipinski definition) is 0. The van der Waals surface area contributed by atoms with Crippen LogP contribution in [0.4, 0.5) is 0 Å².